The summed E-state index contributed by atoms with van der Waals surface area (Å²) in [6, 6.07) is 141. The normalized spacial score (nSPS) is 12.4. The number of pyridine rings is 1. The third kappa shape index (κ3) is 19.1. The number of rotatable bonds is 9. The molecule has 0 spiro atoms. The zero-order valence-corrected chi connectivity index (χ0v) is 80.9. The van der Waals surface area contributed by atoms with Gasteiger partial charge >= 0.3 is 0 Å². The Balaban J connectivity index is 0.000000114. The zero-order valence-electron chi connectivity index (χ0n) is 71.3. The van der Waals surface area contributed by atoms with E-state index in [2.05, 4.69) is 333 Å². The minimum Gasteiger partial charge on any atom is -0.305 e. The van der Waals surface area contributed by atoms with Crippen LogP contribution >= 0.6 is 34.0 Å². The summed E-state index contributed by atoms with van der Waals surface area (Å²) in [6.07, 6.45) is 10.4. The first-order valence-corrected chi connectivity index (χ1v) is 44.4. The van der Waals surface area contributed by atoms with Crippen LogP contribution in [0.2, 0.25) is 0 Å². The van der Waals surface area contributed by atoms with Crippen molar-refractivity contribution in [1.82, 2.24) is 39.9 Å². The molecule has 6 heterocycles. The van der Waals surface area contributed by atoms with Crippen molar-refractivity contribution in [3.05, 3.63) is 459 Å². The summed E-state index contributed by atoms with van der Waals surface area (Å²) < 4.78 is 3.68. The molecule has 0 unspecified atom stereocenters. The van der Waals surface area contributed by atoms with E-state index in [0.717, 1.165) is 87.5 Å². The molecule has 6 aromatic heterocycles. The molecule has 0 aliphatic heterocycles. The molecule has 0 bridgehead atoms. The van der Waals surface area contributed by atoms with E-state index in [-0.39, 0.29) is 76.6 Å². The van der Waals surface area contributed by atoms with E-state index in [0.29, 0.717) is 5.82 Å². The largest absolute Gasteiger partial charge is 0.305 e. The molecule has 0 N–H and O–H groups in total. The van der Waals surface area contributed by atoms with Gasteiger partial charge in [0.1, 0.15) is 0 Å². The number of nitrogens with zero attached hydrogens (tertiary/aromatic N) is 8. The van der Waals surface area contributed by atoms with E-state index >= 15 is 0 Å². The molecule has 0 saturated carbocycles. The third-order valence-corrected chi connectivity index (χ3v) is 26.6. The summed E-state index contributed by atoms with van der Waals surface area (Å²) in [5, 5.41) is 3.14. The van der Waals surface area contributed by atoms with Crippen LogP contribution in [0, 0.1) is 36.4 Å². The van der Waals surface area contributed by atoms with Gasteiger partial charge in [-0.05, 0) is 104 Å². The molecule has 3 aliphatic rings. The van der Waals surface area contributed by atoms with E-state index < -0.39 is 0 Å². The van der Waals surface area contributed by atoms with Gasteiger partial charge in [0, 0.05) is 132 Å². The van der Waals surface area contributed by atoms with Crippen LogP contribution in [0.3, 0.4) is 0 Å². The van der Waals surface area contributed by atoms with Crippen molar-refractivity contribution in [3.63, 3.8) is 0 Å². The number of aromatic nitrogens is 8. The Kier molecular flexibility index (Phi) is 27.7. The van der Waals surface area contributed by atoms with Gasteiger partial charge in [-0.15, -0.1) is 194 Å². The zero-order chi connectivity index (χ0) is 85.6. The van der Waals surface area contributed by atoms with Crippen LogP contribution in [-0.4, -0.2) is 39.9 Å². The number of benzene rings is 15. The average molecular weight is 2250 g/mol. The number of hydrogen-bond acceptors (Lipinski definition) is 11. The Morgan fingerprint density at radius 2 is 0.566 bits per heavy atom. The smallest absolute Gasteiger partial charge is 0.0748 e. The Hall–Kier alpha value is -12.8. The van der Waals surface area contributed by atoms with Crippen LogP contribution in [0.15, 0.2) is 389 Å². The van der Waals surface area contributed by atoms with Crippen LogP contribution < -0.4 is 0 Å². The topological polar surface area (TPSA) is 103 Å². The van der Waals surface area contributed by atoms with E-state index in [1.54, 1.807) is 71.2 Å². The molecule has 21 aromatic rings. The fourth-order valence-corrected chi connectivity index (χ4v) is 19.7. The summed E-state index contributed by atoms with van der Waals surface area (Å²) in [5.41, 5.74) is 34.6. The summed E-state index contributed by atoms with van der Waals surface area (Å²) in [6.45, 7) is 13.8. The molecular formula is C115H82Ir3N8S3-6. The van der Waals surface area contributed by atoms with Crippen molar-refractivity contribution in [2.75, 3.05) is 0 Å². The van der Waals surface area contributed by atoms with E-state index in [1.165, 1.54) is 103 Å². The summed E-state index contributed by atoms with van der Waals surface area (Å²) in [4.78, 5) is 35.6. The van der Waals surface area contributed by atoms with Crippen molar-refractivity contribution in [2.24, 2.45) is 0 Å². The van der Waals surface area contributed by atoms with Gasteiger partial charge in [0.05, 0.1) is 22.4 Å². The SMILES string of the molecule is CC1(C)c2ccccc2-c2c[c-]c(-c3nc4ccccc4s3)cc21.CC1(C)c2ccccc2-c2c[c-]c(-c3nc4ccccc4s3)cc21.CC1(C)c2ccccc2-c2c[c-]c(-c3nc4ccccc4s3)cc21.[Ir].[Ir].[Ir].[c-]1ccc(-c2ccccc2)cc1-c1ccccn1.[c-]1ccc(-c2ccccc2)cc1-c1cnccn1.[c-]1ccc(-c2ccccc2)cc1-c1ncccn1. The molecule has 14 heteroatoms. The third-order valence-electron chi connectivity index (χ3n) is 23.4. The van der Waals surface area contributed by atoms with Gasteiger partial charge in [-0.3, -0.25) is 29.9 Å². The molecule has 15 aromatic carbocycles. The van der Waals surface area contributed by atoms with Crippen LogP contribution in [0.4, 0.5) is 0 Å². The predicted octanol–water partition coefficient (Wildman–Crippen LogP) is 29.6. The fraction of sp³-hybridized carbons (Fsp3) is 0.0783. The molecule has 0 saturated heterocycles. The second-order valence-electron chi connectivity index (χ2n) is 32.4. The Bertz CT molecular complexity index is 6490. The van der Waals surface area contributed by atoms with Gasteiger partial charge in [0.15, 0.2) is 0 Å². The fourth-order valence-electron chi connectivity index (χ4n) is 16.9. The molecule has 8 nitrogen and oxygen atoms in total. The molecular weight excluding hydrogens is 2170 g/mol. The molecule has 24 rings (SSSR count). The monoisotopic (exact) mass is 2250 g/mol. The summed E-state index contributed by atoms with van der Waals surface area (Å²) >= 11 is 5.21. The Labute approximate surface area is 806 Å². The van der Waals surface area contributed by atoms with Gasteiger partial charge in [0.25, 0.3) is 0 Å². The summed E-state index contributed by atoms with van der Waals surface area (Å²) in [7, 11) is 0. The molecule has 129 heavy (non-hydrogen) atoms. The van der Waals surface area contributed by atoms with Crippen molar-refractivity contribution in [1.29, 1.82) is 0 Å². The molecule has 3 radical (unpaired) electrons. The van der Waals surface area contributed by atoms with Crippen LogP contribution in [0.25, 0.3) is 163 Å². The average Bonchev–Trinajstić information content (AvgIpc) is 1.59. The van der Waals surface area contributed by atoms with E-state index in [4.69, 9.17) is 15.0 Å². The van der Waals surface area contributed by atoms with Crippen LogP contribution in [0.1, 0.15) is 74.9 Å². The maximum atomic E-state index is 4.79. The summed E-state index contributed by atoms with van der Waals surface area (Å²) in [5.74, 6) is 0.704. The Morgan fingerprint density at radius 3 is 0.930 bits per heavy atom. The number of thiazole rings is 3. The second kappa shape index (κ2) is 39.9. The first kappa shape index (κ1) is 89.6. The molecule has 0 fully saturated rings. The maximum absolute atomic E-state index is 4.79. The molecule has 0 amide bonds. The first-order valence-electron chi connectivity index (χ1n) is 42.0. The predicted molar refractivity (Wildman–Crippen MR) is 522 cm³/mol. The van der Waals surface area contributed by atoms with Crippen molar-refractivity contribution in [2.45, 2.75) is 57.8 Å². The minimum atomic E-state index is 0. The van der Waals surface area contributed by atoms with Gasteiger partial charge < -0.3 is 9.97 Å². The van der Waals surface area contributed by atoms with E-state index in [1.807, 2.05) is 121 Å². The van der Waals surface area contributed by atoms with Gasteiger partial charge in [-0.1, -0.05) is 287 Å². The molecule has 3 aliphatic carbocycles. The van der Waals surface area contributed by atoms with Crippen molar-refractivity contribution >= 4 is 64.7 Å². The maximum Gasteiger partial charge on any atom is 0.0748 e. The van der Waals surface area contributed by atoms with Gasteiger partial charge in [-0.2, -0.15) is 34.0 Å². The van der Waals surface area contributed by atoms with Gasteiger partial charge in [-0.25, -0.2) is 0 Å². The molecule has 0 atom stereocenters. The van der Waals surface area contributed by atoms with Crippen LogP contribution in [0.5, 0.6) is 0 Å². The van der Waals surface area contributed by atoms with Crippen LogP contribution in [-0.2, 0) is 76.6 Å². The minimum absolute atomic E-state index is 0. The first-order chi connectivity index (χ1) is 61.7. The standard InChI is InChI=1S/3C22H16NS.C17H12N.2C16H11N2.3Ir/c3*1-22(2)17-8-4-3-7-15(17)16-12-11-14(13-18(16)22)21-23-19-9-5-6-10-20(19)24-21;1-2-7-14(8-3-1)15-9-6-10-16(13-15)17-11-4-5-12-18-17;1-2-6-13(7-3-1)14-8-4-9-15(12-14)16-17-10-5-11-18-16;1-2-5-13(6-3-1)14-7-4-8-15(11-14)16-12-17-9-10-18-16;;;/h3*3-10,12-13H,1-2H3;1-9,11-13H;1-8,10-12H;1-7,9-12H;;;/q6*-1;;;. The number of hydrogen-bond donors (Lipinski definition) is 0. The van der Waals surface area contributed by atoms with Gasteiger partial charge in [0.2, 0.25) is 0 Å². The Morgan fingerprint density at radius 1 is 0.240 bits per heavy atom. The van der Waals surface area contributed by atoms with Crippen molar-refractivity contribution in [3.8, 4) is 132 Å². The number of para-hydroxylation sites is 3. The second-order valence-corrected chi connectivity index (χ2v) is 35.5. The number of fused-ring (bicyclic) bond motifs is 12. The van der Waals surface area contributed by atoms with E-state index in [9.17, 15) is 0 Å². The molecule has 633 valence electrons. The quantitative estimate of drug-likeness (QED) is 0.132. The van der Waals surface area contributed by atoms with Crippen molar-refractivity contribution < 1.29 is 60.3 Å².